The van der Waals surface area contributed by atoms with Gasteiger partial charge in [0.05, 0.1) is 12.7 Å². The van der Waals surface area contributed by atoms with Gasteiger partial charge in [-0.15, -0.1) is 0 Å². The van der Waals surface area contributed by atoms with Crippen LogP contribution in [0, 0.1) is 0 Å². The predicted molar refractivity (Wildman–Crippen MR) is 65.0 cm³/mol. The first-order valence-corrected chi connectivity index (χ1v) is 5.79. The van der Waals surface area contributed by atoms with Crippen molar-refractivity contribution in [1.82, 2.24) is 4.98 Å². The van der Waals surface area contributed by atoms with Gasteiger partial charge in [-0.3, -0.25) is 0 Å². The smallest absolute Gasteiger partial charge is 0.298 e. The molecule has 17 heavy (non-hydrogen) atoms. The monoisotopic (exact) mass is 233 g/mol. The predicted octanol–water partition coefficient (Wildman–Crippen LogP) is 0.992. The van der Waals surface area contributed by atoms with E-state index in [0.29, 0.717) is 19.2 Å². The van der Waals surface area contributed by atoms with E-state index in [1.165, 1.54) is 0 Å². The normalized spacial score (nSPS) is 21.0. The maximum Gasteiger partial charge on any atom is 0.298 e. The standard InChI is InChI=1S/C12H15N3O2/c13-7-9-8-15(5-6-16-9)12-14-10-3-1-2-4-11(10)17-12/h1-4,9H,5-8,13H2. The molecule has 0 bridgehead atoms. The lowest BCUT2D eigenvalue weighted by molar-refractivity contribution is 0.0449. The molecule has 90 valence electrons. The Morgan fingerprint density at radius 1 is 1.41 bits per heavy atom. The number of nitrogens with zero attached hydrogens (tertiary/aromatic N) is 2. The first-order chi connectivity index (χ1) is 8.36. The van der Waals surface area contributed by atoms with E-state index in [2.05, 4.69) is 9.88 Å². The minimum Gasteiger partial charge on any atom is -0.423 e. The van der Waals surface area contributed by atoms with Gasteiger partial charge in [-0.05, 0) is 12.1 Å². The third-order valence-corrected chi connectivity index (χ3v) is 2.95. The van der Waals surface area contributed by atoms with Crippen molar-refractivity contribution in [2.75, 3.05) is 31.1 Å². The molecular weight excluding hydrogens is 218 g/mol. The zero-order valence-electron chi connectivity index (χ0n) is 9.50. The number of hydrogen-bond acceptors (Lipinski definition) is 5. The van der Waals surface area contributed by atoms with Crippen molar-refractivity contribution in [2.45, 2.75) is 6.10 Å². The van der Waals surface area contributed by atoms with Crippen LogP contribution in [0.4, 0.5) is 6.01 Å². The molecule has 2 N–H and O–H groups in total. The van der Waals surface area contributed by atoms with Gasteiger partial charge >= 0.3 is 0 Å². The first kappa shape index (κ1) is 10.6. The molecule has 1 aliphatic heterocycles. The molecule has 5 nitrogen and oxygen atoms in total. The summed E-state index contributed by atoms with van der Waals surface area (Å²) in [5.74, 6) is 0. The lowest BCUT2D eigenvalue weighted by Gasteiger charge is -2.30. The van der Waals surface area contributed by atoms with Crippen molar-refractivity contribution in [3.05, 3.63) is 24.3 Å². The number of fused-ring (bicyclic) bond motifs is 1. The summed E-state index contributed by atoms with van der Waals surface area (Å²) >= 11 is 0. The first-order valence-electron chi connectivity index (χ1n) is 5.79. The number of aromatic nitrogens is 1. The van der Waals surface area contributed by atoms with Crippen LogP contribution in [0.25, 0.3) is 11.1 Å². The summed E-state index contributed by atoms with van der Waals surface area (Å²) in [6.45, 7) is 2.73. The molecule has 1 aromatic heterocycles. The van der Waals surface area contributed by atoms with Gasteiger partial charge in [0.25, 0.3) is 6.01 Å². The Bertz CT molecular complexity index is 478. The average molecular weight is 233 g/mol. The van der Waals surface area contributed by atoms with Crippen LogP contribution in [0.2, 0.25) is 0 Å². The van der Waals surface area contributed by atoms with Crippen molar-refractivity contribution < 1.29 is 9.15 Å². The van der Waals surface area contributed by atoms with Gasteiger partial charge in [0, 0.05) is 19.6 Å². The minimum atomic E-state index is 0.0683. The number of oxazole rings is 1. The summed E-state index contributed by atoms with van der Waals surface area (Å²) in [6.07, 6.45) is 0.0683. The molecule has 5 heteroatoms. The van der Waals surface area contributed by atoms with Crippen molar-refractivity contribution in [3.63, 3.8) is 0 Å². The molecule has 1 saturated heterocycles. The molecule has 1 fully saturated rings. The lowest BCUT2D eigenvalue weighted by Crippen LogP contribution is -2.45. The number of benzene rings is 1. The Hall–Kier alpha value is -1.59. The van der Waals surface area contributed by atoms with Crippen LogP contribution < -0.4 is 10.6 Å². The van der Waals surface area contributed by atoms with Gasteiger partial charge in [-0.2, -0.15) is 4.98 Å². The van der Waals surface area contributed by atoms with Crippen LogP contribution in [0.1, 0.15) is 0 Å². The fourth-order valence-electron chi connectivity index (χ4n) is 2.03. The van der Waals surface area contributed by atoms with E-state index >= 15 is 0 Å². The van der Waals surface area contributed by atoms with Crippen LogP contribution >= 0.6 is 0 Å². The fraction of sp³-hybridized carbons (Fsp3) is 0.417. The van der Waals surface area contributed by atoms with Gasteiger partial charge in [-0.1, -0.05) is 12.1 Å². The molecule has 1 aliphatic rings. The molecule has 2 aromatic rings. The quantitative estimate of drug-likeness (QED) is 0.838. The molecular formula is C12H15N3O2. The van der Waals surface area contributed by atoms with Crippen molar-refractivity contribution in [2.24, 2.45) is 5.73 Å². The number of nitrogens with two attached hydrogens (primary N) is 1. The second-order valence-corrected chi connectivity index (χ2v) is 4.14. The molecule has 3 rings (SSSR count). The van der Waals surface area contributed by atoms with E-state index in [9.17, 15) is 0 Å². The van der Waals surface area contributed by atoms with Gasteiger partial charge in [0.2, 0.25) is 0 Å². The number of morpholine rings is 1. The van der Waals surface area contributed by atoms with E-state index in [0.717, 1.165) is 24.2 Å². The molecule has 0 aliphatic carbocycles. The maximum absolute atomic E-state index is 5.72. The van der Waals surface area contributed by atoms with Crippen LogP contribution in [0.5, 0.6) is 0 Å². The average Bonchev–Trinajstić information content (AvgIpc) is 2.82. The highest BCUT2D eigenvalue weighted by molar-refractivity contribution is 5.74. The summed E-state index contributed by atoms with van der Waals surface area (Å²) in [5.41, 5.74) is 7.32. The molecule has 1 atom stereocenters. The van der Waals surface area contributed by atoms with Gasteiger partial charge < -0.3 is 19.8 Å². The molecule has 1 unspecified atom stereocenters. The highest BCUT2D eigenvalue weighted by Crippen LogP contribution is 2.22. The Morgan fingerprint density at radius 3 is 3.12 bits per heavy atom. The highest BCUT2D eigenvalue weighted by Gasteiger charge is 2.22. The second kappa shape index (κ2) is 4.35. The van der Waals surface area contributed by atoms with E-state index in [1.54, 1.807) is 0 Å². The van der Waals surface area contributed by atoms with E-state index in [-0.39, 0.29) is 6.10 Å². The molecule has 0 radical (unpaired) electrons. The molecule has 0 spiro atoms. The lowest BCUT2D eigenvalue weighted by atomic mass is 10.3. The largest absolute Gasteiger partial charge is 0.423 e. The molecule has 0 saturated carbocycles. The van der Waals surface area contributed by atoms with Crippen LogP contribution in [0.3, 0.4) is 0 Å². The summed E-state index contributed by atoms with van der Waals surface area (Å²) in [4.78, 5) is 6.55. The summed E-state index contributed by atoms with van der Waals surface area (Å²) in [7, 11) is 0. The van der Waals surface area contributed by atoms with E-state index in [4.69, 9.17) is 14.9 Å². The SMILES string of the molecule is NCC1CN(c2nc3ccccc3o2)CCO1. The number of hydrogen-bond donors (Lipinski definition) is 1. The van der Waals surface area contributed by atoms with Gasteiger partial charge in [0.15, 0.2) is 5.58 Å². The van der Waals surface area contributed by atoms with Crippen molar-refractivity contribution in [1.29, 1.82) is 0 Å². The third-order valence-electron chi connectivity index (χ3n) is 2.95. The van der Waals surface area contributed by atoms with Gasteiger partial charge in [-0.25, -0.2) is 0 Å². The summed E-state index contributed by atoms with van der Waals surface area (Å²) in [5, 5.41) is 0. The van der Waals surface area contributed by atoms with E-state index in [1.807, 2.05) is 24.3 Å². The van der Waals surface area contributed by atoms with Gasteiger partial charge in [0.1, 0.15) is 5.52 Å². The second-order valence-electron chi connectivity index (χ2n) is 4.14. The molecule has 1 aromatic carbocycles. The van der Waals surface area contributed by atoms with Crippen molar-refractivity contribution >= 4 is 17.1 Å². The minimum absolute atomic E-state index is 0.0683. The van der Waals surface area contributed by atoms with Crippen LogP contribution in [-0.4, -0.2) is 37.3 Å². The summed E-state index contributed by atoms with van der Waals surface area (Å²) < 4.78 is 11.2. The van der Waals surface area contributed by atoms with Crippen LogP contribution in [-0.2, 0) is 4.74 Å². The Morgan fingerprint density at radius 2 is 2.29 bits per heavy atom. The van der Waals surface area contributed by atoms with Crippen LogP contribution in [0.15, 0.2) is 28.7 Å². The van der Waals surface area contributed by atoms with Crippen molar-refractivity contribution in [3.8, 4) is 0 Å². The Kier molecular flexibility index (Phi) is 2.70. The number of anilines is 1. The third kappa shape index (κ3) is 1.99. The number of para-hydroxylation sites is 2. The Labute approximate surface area is 99.2 Å². The molecule has 2 heterocycles. The number of rotatable bonds is 2. The zero-order valence-corrected chi connectivity index (χ0v) is 9.50. The maximum atomic E-state index is 5.72. The summed E-state index contributed by atoms with van der Waals surface area (Å²) in [6, 6.07) is 8.43. The Balaban J connectivity index is 1.87. The topological polar surface area (TPSA) is 64.5 Å². The molecule has 0 amide bonds. The highest BCUT2D eigenvalue weighted by atomic mass is 16.5. The zero-order chi connectivity index (χ0) is 11.7. The number of ether oxygens (including phenoxy) is 1. The van der Waals surface area contributed by atoms with E-state index < -0.39 is 0 Å². The fourth-order valence-corrected chi connectivity index (χ4v) is 2.03.